The van der Waals surface area contributed by atoms with Gasteiger partial charge in [-0.1, -0.05) is 35.9 Å². The zero-order chi connectivity index (χ0) is 17.5. The molecule has 1 aliphatic rings. The SMILES string of the molecule is C[C@]1([C@@H](C[N+](=O)[O-])c2c(F)cccc2Cl)C(=O)Oc2ccccc21. The zero-order valence-corrected chi connectivity index (χ0v) is 13.4. The lowest BCUT2D eigenvalue weighted by Gasteiger charge is -2.29. The minimum atomic E-state index is -1.41. The first kappa shape index (κ1) is 16.4. The van der Waals surface area contributed by atoms with Gasteiger partial charge in [-0.05, 0) is 25.1 Å². The Morgan fingerprint density at radius 2 is 2.00 bits per heavy atom. The summed E-state index contributed by atoms with van der Waals surface area (Å²) < 4.78 is 19.7. The minimum absolute atomic E-state index is 0.0419. The summed E-state index contributed by atoms with van der Waals surface area (Å²) in [7, 11) is 0. The van der Waals surface area contributed by atoms with Gasteiger partial charge in [-0.2, -0.15) is 0 Å². The van der Waals surface area contributed by atoms with Crippen LogP contribution in [0.3, 0.4) is 0 Å². The molecule has 124 valence electrons. The first-order valence-electron chi connectivity index (χ1n) is 7.23. The molecule has 2 aromatic carbocycles. The predicted octanol–water partition coefficient (Wildman–Crippen LogP) is 3.72. The van der Waals surface area contributed by atoms with Gasteiger partial charge in [0.05, 0.1) is 5.92 Å². The number of nitrogens with zero attached hydrogens (tertiary/aromatic N) is 1. The van der Waals surface area contributed by atoms with Gasteiger partial charge in [0, 0.05) is 21.1 Å². The van der Waals surface area contributed by atoms with Gasteiger partial charge in [0.15, 0.2) is 0 Å². The van der Waals surface area contributed by atoms with Gasteiger partial charge in [0.2, 0.25) is 6.54 Å². The van der Waals surface area contributed by atoms with Crippen molar-refractivity contribution in [2.75, 3.05) is 6.54 Å². The Morgan fingerprint density at radius 3 is 2.67 bits per heavy atom. The van der Waals surface area contributed by atoms with E-state index in [1.807, 2.05) is 0 Å². The van der Waals surface area contributed by atoms with E-state index < -0.39 is 34.6 Å². The molecule has 0 radical (unpaired) electrons. The molecule has 1 heterocycles. The van der Waals surface area contributed by atoms with Crippen molar-refractivity contribution in [1.29, 1.82) is 0 Å². The summed E-state index contributed by atoms with van der Waals surface area (Å²) >= 11 is 6.11. The van der Waals surface area contributed by atoms with Crippen LogP contribution >= 0.6 is 11.6 Å². The number of nitro groups is 1. The molecule has 0 saturated carbocycles. The largest absolute Gasteiger partial charge is 0.426 e. The molecule has 24 heavy (non-hydrogen) atoms. The van der Waals surface area contributed by atoms with E-state index >= 15 is 0 Å². The quantitative estimate of drug-likeness (QED) is 0.365. The molecule has 1 aliphatic heterocycles. The summed E-state index contributed by atoms with van der Waals surface area (Å²) in [5.41, 5.74) is -0.969. The lowest BCUT2D eigenvalue weighted by atomic mass is 9.69. The molecule has 0 N–H and O–H groups in total. The van der Waals surface area contributed by atoms with Gasteiger partial charge >= 0.3 is 5.97 Å². The molecule has 7 heteroatoms. The van der Waals surface area contributed by atoms with Crippen molar-refractivity contribution in [3.8, 4) is 5.75 Å². The maximum absolute atomic E-state index is 14.4. The third-order valence-corrected chi connectivity index (χ3v) is 4.78. The highest BCUT2D eigenvalue weighted by atomic mass is 35.5. The number of halogens is 2. The molecule has 2 aromatic rings. The molecule has 0 unspecified atom stereocenters. The van der Waals surface area contributed by atoms with Crippen molar-refractivity contribution in [2.24, 2.45) is 0 Å². The summed E-state index contributed by atoms with van der Waals surface area (Å²) in [5.74, 6) is -2.12. The summed E-state index contributed by atoms with van der Waals surface area (Å²) in [6, 6.07) is 10.7. The van der Waals surface area contributed by atoms with E-state index in [9.17, 15) is 19.3 Å². The van der Waals surface area contributed by atoms with Gasteiger partial charge in [0.1, 0.15) is 17.0 Å². The highest BCUT2D eigenvalue weighted by Gasteiger charge is 2.54. The van der Waals surface area contributed by atoms with E-state index in [1.165, 1.54) is 25.1 Å². The number of carbonyl (C=O) groups excluding carboxylic acids is 1. The van der Waals surface area contributed by atoms with Crippen LogP contribution in [0.15, 0.2) is 42.5 Å². The van der Waals surface area contributed by atoms with Crippen LogP contribution in [0.1, 0.15) is 24.0 Å². The molecule has 0 saturated heterocycles. The normalized spacial score (nSPS) is 20.4. The zero-order valence-electron chi connectivity index (χ0n) is 12.7. The third-order valence-electron chi connectivity index (χ3n) is 4.45. The Balaban J connectivity index is 2.24. The van der Waals surface area contributed by atoms with Gasteiger partial charge in [-0.25, -0.2) is 4.39 Å². The maximum Gasteiger partial charge on any atom is 0.322 e. The summed E-state index contributed by atoms with van der Waals surface area (Å²) in [4.78, 5) is 23.2. The third kappa shape index (κ3) is 2.43. The number of carbonyl (C=O) groups is 1. The number of ether oxygens (including phenoxy) is 1. The minimum Gasteiger partial charge on any atom is -0.426 e. The predicted molar refractivity (Wildman–Crippen MR) is 85.4 cm³/mol. The average molecular weight is 350 g/mol. The van der Waals surface area contributed by atoms with E-state index in [4.69, 9.17) is 16.3 Å². The topological polar surface area (TPSA) is 69.4 Å². The van der Waals surface area contributed by atoms with Crippen molar-refractivity contribution in [1.82, 2.24) is 0 Å². The number of fused-ring (bicyclic) bond motifs is 1. The summed E-state index contributed by atoms with van der Waals surface area (Å²) in [5, 5.41) is 11.3. The van der Waals surface area contributed by atoms with E-state index in [-0.39, 0.29) is 10.6 Å². The van der Waals surface area contributed by atoms with Crippen LogP contribution in [0.4, 0.5) is 4.39 Å². The highest BCUT2D eigenvalue weighted by molar-refractivity contribution is 6.31. The van der Waals surface area contributed by atoms with Crippen LogP contribution in [0.25, 0.3) is 0 Å². The number of benzene rings is 2. The number of para-hydroxylation sites is 1. The molecular weight excluding hydrogens is 337 g/mol. The summed E-state index contributed by atoms with van der Waals surface area (Å²) in [6.45, 7) is 0.874. The molecule has 5 nitrogen and oxygen atoms in total. The van der Waals surface area contributed by atoms with E-state index in [2.05, 4.69) is 0 Å². The van der Waals surface area contributed by atoms with E-state index in [0.717, 1.165) is 0 Å². The van der Waals surface area contributed by atoms with Crippen molar-refractivity contribution in [2.45, 2.75) is 18.3 Å². The van der Waals surface area contributed by atoms with Crippen LogP contribution in [0, 0.1) is 15.9 Å². The standard InChI is InChI=1S/C17H13ClFNO4/c1-17(10-5-2-3-8-14(10)24-16(17)21)11(9-20(22)23)15-12(18)6-4-7-13(15)19/h2-8,11H,9H2,1H3/t11-,17-/m0/s1. The molecule has 0 fully saturated rings. The fraction of sp³-hybridized carbons (Fsp3) is 0.235. The smallest absolute Gasteiger partial charge is 0.322 e. The van der Waals surface area contributed by atoms with Gasteiger partial charge < -0.3 is 4.74 Å². The second-order valence-corrected chi connectivity index (χ2v) is 6.20. The van der Waals surface area contributed by atoms with E-state index in [0.29, 0.717) is 11.3 Å². The van der Waals surface area contributed by atoms with Crippen molar-refractivity contribution < 1.29 is 18.8 Å². The summed E-state index contributed by atoms with van der Waals surface area (Å²) in [6.07, 6.45) is 0. The molecule has 0 bridgehead atoms. The average Bonchev–Trinajstić information content (AvgIpc) is 2.78. The second kappa shape index (κ2) is 5.87. The monoisotopic (exact) mass is 349 g/mol. The van der Waals surface area contributed by atoms with Crippen molar-refractivity contribution >= 4 is 17.6 Å². The number of hydrogen-bond donors (Lipinski definition) is 0. The Bertz CT molecular complexity index is 821. The molecule has 3 rings (SSSR count). The Kier molecular flexibility index (Phi) is 4.01. The van der Waals surface area contributed by atoms with E-state index in [1.54, 1.807) is 24.3 Å². The second-order valence-electron chi connectivity index (χ2n) is 5.79. The first-order chi connectivity index (χ1) is 11.4. The van der Waals surface area contributed by atoms with Crippen LogP contribution in [0.2, 0.25) is 5.02 Å². The van der Waals surface area contributed by atoms with Crippen molar-refractivity contribution in [3.05, 3.63) is 74.5 Å². The lowest BCUT2D eigenvalue weighted by Crippen LogP contribution is -2.40. The number of esters is 1. The fourth-order valence-corrected chi connectivity index (χ4v) is 3.48. The van der Waals surface area contributed by atoms with Crippen LogP contribution in [-0.4, -0.2) is 17.4 Å². The number of rotatable bonds is 4. The maximum atomic E-state index is 14.4. The Labute approximate surface area is 142 Å². The van der Waals surface area contributed by atoms with Gasteiger partial charge in [-0.3, -0.25) is 14.9 Å². The molecule has 0 aliphatic carbocycles. The van der Waals surface area contributed by atoms with Gasteiger partial charge in [-0.15, -0.1) is 0 Å². The Morgan fingerprint density at radius 1 is 1.29 bits per heavy atom. The lowest BCUT2D eigenvalue weighted by molar-refractivity contribution is -0.484. The van der Waals surface area contributed by atoms with Crippen molar-refractivity contribution in [3.63, 3.8) is 0 Å². The molecule has 0 aromatic heterocycles. The first-order valence-corrected chi connectivity index (χ1v) is 7.61. The van der Waals surface area contributed by atoms with Crippen LogP contribution in [0.5, 0.6) is 5.75 Å². The molecule has 0 spiro atoms. The molecular formula is C17H13ClFNO4. The number of hydrogen-bond acceptors (Lipinski definition) is 4. The fourth-order valence-electron chi connectivity index (χ4n) is 3.19. The highest BCUT2D eigenvalue weighted by Crippen LogP contribution is 2.49. The van der Waals surface area contributed by atoms with Crippen LogP contribution < -0.4 is 4.74 Å². The van der Waals surface area contributed by atoms with Gasteiger partial charge in [0.25, 0.3) is 0 Å². The van der Waals surface area contributed by atoms with Crippen LogP contribution in [-0.2, 0) is 10.2 Å². The molecule has 0 amide bonds. The Hall–Kier alpha value is -2.47. The molecule has 2 atom stereocenters.